The smallest absolute Gasteiger partial charge is 0.293 e. The summed E-state index contributed by atoms with van der Waals surface area (Å²) in [5, 5.41) is 2.80. The molecule has 0 fully saturated rings. The van der Waals surface area contributed by atoms with E-state index in [1.807, 2.05) is 13.8 Å². The second-order valence-corrected chi connectivity index (χ2v) is 5.22. The molecular weight excluding hydrogens is 276 g/mol. The first-order valence-corrected chi connectivity index (χ1v) is 6.70. The van der Waals surface area contributed by atoms with E-state index in [-0.39, 0.29) is 23.5 Å². The van der Waals surface area contributed by atoms with Gasteiger partial charge in [0.25, 0.3) is 5.56 Å². The van der Waals surface area contributed by atoms with Crippen LogP contribution in [0.1, 0.15) is 19.4 Å². The van der Waals surface area contributed by atoms with Crippen molar-refractivity contribution in [3.8, 4) is 0 Å². The molecule has 0 unspecified atom stereocenters. The first-order chi connectivity index (χ1) is 9.97. The molecule has 0 saturated carbocycles. The van der Waals surface area contributed by atoms with E-state index in [1.54, 1.807) is 10.8 Å². The van der Waals surface area contributed by atoms with Crippen molar-refractivity contribution >= 4 is 5.82 Å². The molecule has 0 radical (unpaired) electrons. The van der Waals surface area contributed by atoms with Gasteiger partial charge in [-0.05, 0) is 12.0 Å². The summed E-state index contributed by atoms with van der Waals surface area (Å²) in [4.78, 5) is 16.1. The molecule has 0 bridgehead atoms. The summed E-state index contributed by atoms with van der Waals surface area (Å²) in [7, 11) is 0. The van der Waals surface area contributed by atoms with E-state index < -0.39 is 11.6 Å². The minimum absolute atomic E-state index is 0.0695. The SMILES string of the molecule is CC(C)Cn1ccnc(NCc2ccc(F)cc2F)c1=O. The van der Waals surface area contributed by atoms with Gasteiger partial charge in [0.15, 0.2) is 5.82 Å². The lowest BCUT2D eigenvalue weighted by atomic mass is 10.2. The Morgan fingerprint density at radius 1 is 1.33 bits per heavy atom. The standard InChI is InChI=1S/C15H17F2N3O/c1-10(2)9-20-6-5-18-14(15(20)21)19-8-11-3-4-12(16)7-13(11)17/h3-7,10H,8-9H2,1-2H3,(H,18,19). The highest BCUT2D eigenvalue weighted by Crippen LogP contribution is 2.10. The van der Waals surface area contributed by atoms with Crippen LogP contribution >= 0.6 is 0 Å². The van der Waals surface area contributed by atoms with Crippen LogP contribution in [0.25, 0.3) is 0 Å². The van der Waals surface area contributed by atoms with E-state index in [2.05, 4.69) is 10.3 Å². The van der Waals surface area contributed by atoms with Gasteiger partial charge in [0.1, 0.15) is 11.6 Å². The van der Waals surface area contributed by atoms with E-state index >= 15 is 0 Å². The van der Waals surface area contributed by atoms with Gasteiger partial charge in [0, 0.05) is 37.1 Å². The number of rotatable bonds is 5. The van der Waals surface area contributed by atoms with E-state index in [0.717, 1.165) is 6.07 Å². The molecule has 1 aromatic carbocycles. The highest BCUT2D eigenvalue weighted by Gasteiger charge is 2.08. The van der Waals surface area contributed by atoms with Gasteiger partial charge in [-0.3, -0.25) is 4.79 Å². The van der Waals surface area contributed by atoms with Crippen LogP contribution in [0.15, 0.2) is 35.4 Å². The zero-order valence-electron chi connectivity index (χ0n) is 11.9. The second-order valence-electron chi connectivity index (χ2n) is 5.22. The molecule has 1 heterocycles. The molecule has 0 saturated heterocycles. The predicted molar refractivity (Wildman–Crippen MR) is 77.0 cm³/mol. The van der Waals surface area contributed by atoms with Gasteiger partial charge in [0.2, 0.25) is 0 Å². The van der Waals surface area contributed by atoms with Crippen molar-refractivity contribution in [3.63, 3.8) is 0 Å². The van der Waals surface area contributed by atoms with Crippen molar-refractivity contribution < 1.29 is 8.78 Å². The Bertz CT molecular complexity index is 683. The molecule has 6 heteroatoms. The molecule has 21 heavy (non-hydrogen) atoms. The quantitative estimate of drug-likeness (QED) is 0.922. The number of hydrogen-bond donors (Lipinski definition) is 1. The summed E-state index contributed by atoms with van der Waals surface area (Å²) in [6.07, 6.45) is 3.14. The van der Waals surface area contributed by atoms with E-state index in [0.29, 0.717) is 12.5 Å². The lowest BCUT2D eigenvalue weighted by Crippen LogP contribution is -2.26. The predicted octanol–water partition coefficient (Wildman–Crippen LogP) is 2.79. The van der Waals surface area contributed by atoms with Crippen LogP contribution in [0, 0.1) is 17.6 Å². The fraction of sp³-hybridized carbons (Fsp3) is 0.333. The van der Waals surface area contributed by atoms with Gasteiger partial charge in [-0.2, -0.15) is 0 Å². The monoisotopic (exact) mass is 293 g/mol. The third-order valence-electron chi connectivity index (χ3n) is 2.94. The molecule has 0 aliphatic carbocycles. The topological polar surface area (TPSA) is 46.9 Å². The lowest BCUT2D eigenvalue weighted by Gasteiger charge is -2.11. The largest absolute Gasteiger partial charge is 0.361 e. The zero-order chi connectivity index (χ0) is 15.4. The molecule has 0 aliphatic heterocycles. The number of benzene rings is 1. The average molecular weight is 293 g/mol. The molecule has 4 nitrogen and oxygen atoms in total. The molecule has 112 valence electrons. The lowest BCUT2D eigenvalue weighted by molar-refractivity contribution is 0.509. The Kier molecular flexibility index (Phi) is 4.67. The fourth-order valence-electron chi connectivity index (χ4n) is 1.95. The van der Waals surface area contributed by atoms with E-state index in [9.17, 15) is 13.6 Å². The summed E-state index contributed by atoms with van der Waals surface area (Å²) in [5.74, 6) is -0.802. The van der Waals surface area contributed by atoms with E-state index in [4.69, 9.17) is 0 Å². The van der Waals surface area contributed by atoms with Gasteiger partial charge < -0.3 is 9.88 Å². The molecule has 1 N–H and O–H groups in total. The number of nitrogens with one attached hydrogen (secondary N) is 1. The molecule has 0 atom stereocenters. The summed E-state index contributed by atoms with van der Waals surface area (Å²) >= 11 is 0. The third-order valence-corrected chi connectivity index (χ3v) is 2.94. The number of nitrogens with zero attached hydrogens (tertiary/aromatic N) is 2. The summed E-state index contributed by atoms with van der Waals surface area (Å²) < 4.78 is 27.9. The maximum absolute atomic E-state index is 13.5. The highest BCUT2D eigenvalue weighted by atomic mass is 19.1. The Hall–Kier alpha value is -2.24. The molecule has 0 spiro atoms. The molecule has 1 aromatic heterocycles. The number of aromatic nitrogens is 2. The van der Waals surface area contributed by atoms with Crippen molar-refractivity contribution in [2.24, 2.45) is 5.92 Å². The van der Waals surface area contributed by atoms with Crippen LogP contribution in [0.3, 0.4) is 0 Å². The molecule has 0 amide bonds. The normalized spacial score (nSPS) is 10.9. The Balaban J connectivity index is 2.15. The number of halogens is 2. The average Bonchev–Trinajstić information content (AvgIpc) is 2.41. The zero-order valence-corrected chi connectivity index (χ0v) is 11.9. The van der Waals surface area contributed by atoms with E-state index in [1.165, 1.54) is 18.3 Å². The van der Waals surface area contributed by atoms with Crippen LogP contribution in [0.2, 0.25) is 0 Å². The maximum atomic E-state index is 13.5. The Labute approximate surface area is 121 Å². The maximum Gasteiger partial charge on any atom is 0.293 e. The van der Waals surface area contributed by atoms with Gasteiger partial charge in [-0.15, -0.1) is 0 Å². The van der Waals surface area contributed by atoms with Crippen molar-refractivity contribution in [2.75, 3.05) is 5.32 Å². The van der Waals surface area contributed by atoms with Crippen molar-refractivity contribution in [1.82, 2.24) is 9.55 Å². The minimum Gasteiger partial charge on any atom is -0.361 e. The number of hydrogen-bond acceptors (Lipinski definition) is 3. The van der Waals surface area contributed by atoms with Crippen LogP contribution in [0.5, 0.6) is 0 Å². The Morgan fingerprint density at radius 3 is 2.76 bits per heavy atom. The van der Waals surface area contributed by atoms with Crippen LogP contribution in [-0.2, 0) is 13.1 Å². The van der Waals surface area contributed by atoms with Gasteiger partial charge in [-0.1, -0.05) is 19.9 Å². The van der Waals surface area contributed by atoms with Crippen molar-refractivity contribution in [1.29, 1.82) is 0 Å². The summed E-state index contributed by atoms with van der Waals surface area (Å²) in [6.45, 7) is 4.67. The minimum atomic E-state index is -0.652. The summed E-state index contributed by atoms with van der Waals surface area (Å²) in [5.41, 5.74) is 0.0191. The van der Waals surface area contributed by atoms with Gasteiger partial charge in [-0.25, -0.2) is 13.8 Å². The number of anilines is 1. The third kappa shape index (κ3) is 3.87. The first kappa shape index (κ1) is 15.2. The van der Waals surface area contributed by atoms with Crippen LogP contribution in [0.4, 0.5) is 14.6 Å². The van der Waals surface area contributed by atoms with Crippen LogP contribution < -0.4 is 10.9 Å². The Morgan fingerprint density at radius 2 is 2.10 bits per heavy atom. The molecule has 2 aromatic rings. The molecule has 0 aliphatic rings. The second kappa shape index (κ2) is 6.47. The molecule has 2 rings (SSSR count). The van der Waals surface area contributed by atoms with Gasteiger partial charge >= 0.3 is 0 Å². The molecular formula is C15H17F2N3O. The fourth-order valence-corrected chi connectivity index (χ4v) is 1.95. The van der Waals surface area contributed by atoms with Crippen molar-refractivity contribution in [2.45, 2.75) is 26.9 Å². The summed E-state index contributed by atoms with van der Waals surface area (Å²) in [6, 6.07) is 3.33. The highest BCUT2D eigenvalue weighted by molar-refractivity contribution is 5.33. The van der Waals surface area contributed by atoms with Crippen LogP contribution in [-0.4, -0.2) is 9.55 Å². The van der Waals surface area contributed by atoms with Gasteiger partial charge in [0.05, 0.1) is 0 Å². The van der Waals surface area contributed by atoms with Crippen molar-refractivity contribution in [3.05, 3.63) is 58.1 Å². The first-order valence-electron chi connectivity index (χ1n) is 6.70.